The first-order valence-electron chi connectivity index (χ1n) is 7.62. The minimum absolute atomic E-state index is 0.404. The molecule has 0 aromatic heterocycles. The molecule has 22 heavy (non-hydrogen) atoms. The first-order chi connectivity index (χ1) is 10.9. The Balaban J connectivity index is 1.75. The van der Waals surface area contributed by atoms with E-state index in [4.69, 9.17) is 0 Å². The number of hydrogen-bond donors (Lipinski definition) is 0. The van der Waals surface area contributed by atoms with E-state index in [0.29, 0.717) is 11.3 Å². The maximum Gasteiger partial charge on any atom is 0.0766 e. The van der Waals surface area contributed by atoms with Gasteiger partial charge in [0.15, 0.2) is 0 Å². The second-order valence-corrected chi connectivity index (χ2v) is 6.97. The molecule has 0 radical (unpaired) electrons. The Morgan fingerprint density at radius 2 is 1.36 bits per heavy atom. The summed E-state index contributed by atoms with van der Waals surface area (Å²) in [6.07, 6.45) is 0. The molecule has 0 fully saturated rings. The summed E-state index contributed by atoms with van der Waals surface area (Å²) in [5.41, 5.74) is 5.54. The average molecular weight is 301 g/mol. The van der Waals surface area contributed by atoms with Crippen molar-refractivity contribution >= 4 is 23.1 Å². The molecular weight excluding hydrogens is 286 g/mol. The minimum Gasteiger partial charge on any atom is -0.332 e. The predicted octanol–water partition coefficient (Wildman–Crippen LogP) is 5.73. The smallest absolute Gasteiger partial charge is 0.0766 e. The Hall–Kier alpha value is -2.19. The maximum atomic E-state index is 2.51. The molecular formula is C20H15NS. The van der Waals surface area contributed by atoms with Gasteiger partial charge in [0.2, 0.25) is 0 Å². The van der Waals surface area contributed by atoms with Crippen molar-refractivity contribution < 1.29 is 0 Å². The molecule has 1 unspecified atom stereocenters. The van der Waals surface area contributed by atoms with Crippen LogP contribution in [0.1, 0.15) is 22.4 Å². The molecule has 106 valence electrons. The highest BCUT2D eigenvalue weighted by Gasteiger charge is 2.45. The number of fused-ring (bicyclic) bond motifs is 5. The lowest BCUT2D eigenvalue weighted by molar-refractivity contribution is 0.737. The average Bonchev–Trinajstić information content (AvgIpc) is 3.10. The van der Waals surface area contributed by atoms with Crippen molar-refractivity contribution in [3.05, 3.63) is 90.0 Å². The highest BCUT2D eigenvalue weighted by atomic mass is 32.2. The van der Waals surface area contributed by atoms with Crippen LogP contribution in [-0.4, -0.2) is 0 Å². The maximum absolute atomic E-state index is 2.51. The number of anilines is 2. The standard InChI is InChI=1S/C20H15NS/c1-2-8-14(9-3-1)21-17-12-6-4-10-15(17)20-19(21)16-11-5-7-13-18(16)22-20/h1-13,19-20H/t19-,20?/m0/s1. The first kappa shape index (κ1) is 12.4. The van der Waals surface area contributed by atoms with Gasteiger partial charge in [0.1, 0.15) is 0 Å². The highest BCUT2D eigenvalue weighted by molar-refractivity contribution is 8.00. The SMILES string of the molecule is c1ccc(N2c3ccccc3C3Sc4ccccc4[C@@H]32)cc1. The summed E-state index contributed by atoms with van der Waals surface area (Å²) in [4.78, 5) is 3.94. The number of benzene rings is 3. The molecule has 0 saturated heterocycles. The van der Waals surface area contributed by atoms with Gasteiger partial charge in [-0.2, -0.15) is 0 Å². The van der Waals surface area contributed by atoms with Gasteiger partial charge in [0.25, 0.3) is 0 Å². The molecule has 2 aliphatic heterocycles. The fourth-order valence-electron chi connectivity index (χ4n) is 3.69. The molecule has 3 aromatic carbocycles. The molecule has 0 spiro atoms. The van der Waals surface area contributed by atoms with Crippen LogP contribution in [0.15, 0.2) is 83.8 Å². The first-order valence-corrected chi connectivity index (χ1v) is 8.50. The quantitative estimate of drug-likeness (QED) is 0.565. The van der Waals surface area contributed by atoms with Crippen molar-refractivity contribution in [3.8, 4) is 0 Å². The number of rotatable bonds is 1. The zero-order valence-corrected chi connectivity index (χ0v) is 12.8. The minimum atomic E-state index is 0.404. The van der Waals surface area contributed by atoms with E-state index in [-0.39, 0.29) is 0 Å². The molecule has 0 aliphatic carbocycles. The molecule has 2 aliphatic rings. The van der Waals surface area contributed by atoms with Gasteiger partial charge in [-0.3, -0.25) is 0 Å². The lowest BCUT2D eigenvalue weighted by Crippen LogP contribution is -2.19. The number of hydrogen-bond acceptors (Lipinski definition) is 2. The molecule has 3 aromatic rings. The van der Waals surface area contributed by atoms with E-state index >= 15 is 0 Å². The van der Waals surface area contributed by atoms with Crippen LogP contribution in [0, 0.1) is 0 Å². The van der Waals surface area contributed by atoms with Crippen LogP contribution in [-0.2, 0) is 0 Å². The van der Waals surface area contributed by atoms with Gasteiger partial charge in [-0.25, -0.2) is 0 Å². The van der Waals surface area contributed by atoms with E-state index in [0.717, 1.165) is 0 Å². The summed E-state index contributed by atoms with van der Waals surface area (Å²) in [7, 11) is 0. The summed E-state index contributed by atoms with van der Waals surface area (Å²) in [5.74, 6) is 0. The number of para-hydroxylation sites is 2. The van der Waals surface area contributed by atoms with Crippen molar-refractivity contribution in [2.75, 3.05) is 4.90 Å². The Kier molecular flexibility index (Phi) is 2.61. The predicted molar refractivity (Wildman–Crippen MR) is 92.8 cm³/mol. The molecule has 1 nitrogen and oxygen atoms in total. The van der Waals surface area contributed by atoms with Crippen LogP contribution in [0.25, 0.3) is 0 Å². The zero-order chi connectivity index (χ0) is 14.5. The molecule has 0 N–H and O–H groups in total. The van der Waals surface area contributed by atoms with Crippen molar-refractivity contribution in [2.24, 2.45) is 0 Å². The van der Waals surface area contributed by atoms with Gasteiger partial charge >= 0.3 is 0 Å². The Bertz CT molecular complexity index is 843. The van der Waals surface area contributed by atoms with Crippen LogP contribution >= 0.6 is 11.8 Å². The zero-order valence-electron chi connectivity index (χ0n) is 12.0. The summed E-state index contributed by atoms with van der Waals surface area (Å²) in [6.45, 7) is 0. The Labute approximate surface area is 134 Å². The van der Waals surface area contributed by atoms with Crippen LogP contribution in [0.4, 0.5) is 11.4 Å². The van der Waals surface area contributed by atoms with Gasteiger partial charge in [-0.1, -0.05) is 54.6 Å². The fraction of sp³-hybridized carbons (Fsp3) is 0.100. The van der Waals surface area contributed by atoms with Crippen LogP contribution in [0.3, 0.4) is 0 Å². The van der Waals surface area contributed by atoms with Crippen molar-refractivity contribution in [2.45, 2.75) is 16.2 Å². The van der Waals surface area contributed by atoms with E-state index in [1.54, 1.807) is 0 Å². The van der Waals surface area contributed by atoms with Gasteiger partial charge in [0, 0.05) is 16.3 Å². The third-order valence-corrected chi connectivity index (χ3v) is 5.99. The molecule has 0 bridgehead atoms. The number of nitrogens with zero attached hydrogens (tertiary/aromatic N) is 1. The normalized spacial score (nSPS) is 21.4. The van der Waals surface area contributed by atoms with Gasteiger partial charge in [-0.15, -0.1) is 11.8 Å². The summed E-state index contributed by atoms with van der Waals surface area (Å²) < 4.78 is 0. The largest absolute Gasteiger partial charge is 0.332 e. The van der Waals surface area contributed by atoms with Crippen LogP contribution in [0.5, 0.6) is 0 Å². The van der Waals surface area contributed by atoms with Crippen molar-refractivity contribution in [1.82, 2.24) is 0 Å². The molecule has 5 rings (SSSR count). The van der Waals surface area contributed by atoms with Crippen LogP contribution < -0.4 is 4.90 Å². The van der Waals surface area contributed by atoms with E-state index in [2.05, 4.69) is 83.8 Å². The topological polar surface area (TPSA) is 3.24 Å². The van der Waals surface area contributed by atoms with Gasteiger partial charge in [0.05, 0.1) is 11.3 Å². The third-order valence-electron chi connectivity index (χ3n) is 4.59. The van der Waals surface area contributed by atoms with Crippen molar-refractivity contribution in [3.63, 3.8) is 0 Å². The summed E-state index contributed by atoms with van der Waals surface area (Å²) in [6, 6.07) is 28.9. The third kappa shape index (κ3) is 1.62. The lowest BCUT2D eigenvalue weighted by atomic mass is 10.0. The second-order valence-electron chi connectivity index (χ2n) is 5.79. The fourth-order valence-corrected chi connectivity index (χ4v) is 5.17. The van der Waals surface area contributed by atoms with E-state index in [9.17, 15) is 0 Å². The summed E-state index contributed by atoms with van der Waals surface area (Å²) >= 11 is 2.01. The molecule has 2 heterocycles. The second kappa shape index (κ2) is 4.65. The monoisotopic (exact) mass is 301 g/mol. The Morgan fingerprint density at radius 1 is 0.682 bits per heavy atom. The number of thioether (sulfide) groups is 1. The van der Waals surface area contributed by atoms with E-state index in [1.807, 2.05) is 11.8 Å². The molecule has 2 heteroatoms. The Morgan fingerprint density at radius 3 is 2.23 bits per heavy atom. The van der Waals surface area contributed by atoms with Gasteiger partial charge in [-0.05, 0) is 35.4 Å². The van der Waals surface area contributed by atoms with Gasteiger partial charge < -0.3 is 4.90 Å². The molecule has 2 atom stereocenters. The van der Waals surface area contributed by atoms with Crippen molar-refractivity contribution in [1.29, 1.82) is 0 Å². The highest BCUT2D eigenvalue weighted by Crippen LogP contribution is 2.63. The molecule has 0 saturated carbocycles. The van der Waals surface area contributed by atoms with E-state index in [1.165, 1.54) is 27.4 Å². The van der Waals surface area contributed by atoms with E-state index < -0.39 is 0 Å². The molecule has 0 amide bonds. The lowest BCUT2D eigenvalue weighted by Gasteiger charge is -2.27. The van der Waals surface area contributed by atoms with Crippen LogP contribution in [0.2, 0.25) is 0 Å². The summed E-state index contributed by atoms with van der Waals surface area (Å²) in [5, 5.41) is 0.494.